The summed E-state index contributed by atoms with van der Waals surface area (Å²) < 4.78 is 0. The number of benzene rings is 1. The molecule has 0 spiro atoms. The van der Waals surface area contributed by atoms with E-state index in [1.165, 1.54) is 11.3 Å². The van der Waals surface area contributed by atoms with Gasteiger partial charge in [0.25, 0.3) is 5.91 Å². The summed E-state index contributed by atoms with van der Waals surface area (Å²) >= 11 is 1.38. The predicted molar refractivity (Wildman–Crippen MR) is 93.9 cm³/mol. The highest BCUT2D eigenvalue weighted by molar-refractivity contribution is 7.09. The summed E-state index contributed by atoms with van der Waals surface area (Å²) in [5.74, 6) is -0.0678. The second-order valence-electron chi connectivity index (χ2n) is 5.77. The van der Waals surface area contributed by atoms with Crippen LogP contribution in [0, 0.1) is 0 Å². The number of anilines is 1. The highest BCUT2D eigenvalue weighted by atomic mass is 32.1. The molecule has 1 aliphatic rings. The Labute approximate surface area is 144 Å². The van der Waals surface area contributed by atoms with E-state index in [9.17, 15) is 9.59 Å². The van der Waals surface area contributed by atoms with Crippen LogP contribution in [0.25, 0.3) is 0 Å². The molecular weight excluding hydrogens is 324 g/mol. The number of amides is 2. The molecule has 1 atom stereocenters. The fraction of sp³-hybridized carbons (Fsp3) is 0.353. The van der Waals surface area contributed by atoms with Crippen molar-refractivity contribution in [2.45, 2.75) is 32.4 Å². The van der Waals surface area contributed by atoms with Crippen molar-refractivity contribution in [3.8, 4) is 0 Å². The Morgan fingerprint density at radius 2 is 2.33 bits per heavy atom. The number of carbonyl (C=O) groups excluding carboxylic acids is 2. The van der Waals surface area contributed by atoms with Gasteiger partial charge in [-0.25, -0.2) is 4.98 Å². The Morgan fingerprint density at radius 1 is 1.50 bits per heavy atom. The van der Waals surface area contributed by atoms with Gasteiger partial charge in [0, 0.05) is 30.6 Å². The van der Waals surface area contributed by atoms with E-state index >= 15 is 0 Å². The third-order valence-electron chi connectivity index (χ3n) is 4.06. The maximum Gasteiger partial charge on any atom is 0.271 e. The van der Waals surface area contributed by atoms with E-state index in [1.807, 2.05) is 31.2 Å². The minimum Gasteiger partial charge on any atom is -0.344 e. The van der Waals surface area contributed by atoms with Crippen molar-refractivity contribution in [2.24, 2.45) is 5.73 Å². The standard InChI is InChI=1S/C17H20N4O2S/c1-11(19-17(23)14-10-24-15(9-18)20-14)12-4-2-5-13(8-12)21-7-3-6-16(21)22/h2,4-5,8,10-11H,3,6-7,9,18H2,1H3,(H,19,23). The summed E-state index contributed by atoms with van der Waals surface area (Å²) in [4.78, 5) is 30.2. The van der Waals surface area contributed by atoms with Gasteiger partial charge in [-0.05, 0) is 31.0 Å². The first kappa shape index (κ1) is 16.6. The van der Waals surface area contributed by atoms with Gasteiger partial charge in [0.15, 0.2) is 0 Å². The third kappa shape index (κ3) is 3.47. The smallest absolute Gasteiger partial charge is 0.271 e. The van der Waals surface area contributed by atoms with E-state index < -0.39 is 0 Å². The summed E-state index contributed by atoms with van der Waals surface area (Å²) in [6.45, 7) is 3.00. The van der Waals surface area contributed by atoms with Crippen molar-refractivity contribution in [1.82, 2.24) is 10.3 Å². The second-order valence-corrected chi connectivity index (χ2v) is 6.71. The molecule has 1 aliphatic heterocycles. The van der Waals surface area contributed by atoms with Gasteiger partial charge in [0.1, 0.15) is 10.7 Å². The van der Waals surface area contributed by atoms with Gasteiger partial charge in [-0.2, -0.15) is 0 Å². The average molecular weight is 344 g/mol. The molecule has 6 nitrogen and oxygen atoms in total. The molecule has 2 aromatic rings. The topological polar surface area (TPSA) is 88.3 Å². The zero-order chi connectivity index (χ0) is 17.1. The maximum absolute atomic E-state index is 12.3. The molecule has 0 bridgehead atoms. The van der Waals surface area contributed by atoms with Crippen LogP contribution in [0.2, 0.25) is 0 Å². The van der Waals surface area contributed by atoms with Gasteiger partial charge < -0.3 is 16.0 Å². The molecule has 1 aromatic heterocycles. The lowest BCUT2D eigenvalue weighted by molar-refractivity contribution is -0.117. The Morgan fingerprint density at radius 3 is 3.00 bits per heavy atom. The van der Waals surface area contributed by atoms with Crippen molar-refractivity contribution < 1.29 is 9.59 Å². The van der Waals surface area contributed by atoms with E-state index in [0.29, 0.717) is 18.7 Å². The molecule has 3 N–H and O–H groups in total. The van der Waals surface area contributed by atoms with Gasteiger partial charge in [0.2, 0.25) is 5.91 Å². The zero-order valence-electron chi connectivity index (χ0n) is 13.5. The monoisotopic (exact) mass is 344 g/mol. The number of thiazole rings is 1. The number of nitrogens with zero attached hydrogens (tertiary/aromatic N) is 2. The molecule has 1 fully saturated rings. The summed E-state index contributed by atoms with van der Waals surface area (Å²) in [5.41, 5.74) is 7.75. The molecule has 1 unspecified atom stereocenters. The molecule has 2 heterocycles. The van der Waals surface area contributed by atoms with Crippen LogP contribution in [0.4, 0.5) is 5.69 Å². The Kier molecular flexibility index (Phi) is 4.92. The van der Waals surface area contributed by atoms with Crippen LogP contribution in [0.3, 0.4) is 0 Å². The number of nitrogens with two attached hydrogens (primary N) is 1. The largest absolute Gasteiger partial charge is 0.344 e. The average Bonchev–Trinajstić information content (AvgIpc) is 3.23. The van der Waals surface area contributed by atoms with Crippen molar-refractivity contribution >= 4 is 28.8 Å². The van der Waals surface area contributed by atoms with Gasteiger partial charge in [-0.1, -0.05) is 12.1 Å². The normalized spacial score (nSPS) is 15.6. The highest BCUT2D eigenvalue weighted by Gasteiger charge is 2.22. The summed E-state index contributed by atoms with van der Waals surface area (Å²) in [5, 5.41) is 5.39. The van der Waals surface area contributed by atoms with Crippen LogP contribution in [-0.2, 0) is 11.3 Å². The first-order valence-corrected chi connectivity index (χ1v) is 8.82. The number of carbonyl (C=O) groups is 2. The SMILES string of the molecule is CC(NC(=O)c1csc(CN)n1)c1cccc(N2CCCC2=O)c1. The van der Waals surface area contributed by atoms with Crippen molar-refractivity contribution in [2.75, 3.05) is 11.4 Å². The van der Waals surface area contributed by atoms with Gasteiger partial charge >= 0.3 is 0 Å². The molecule has 2 amide bonds. The van der Waals surface area contributed by atoms with E-state index in [2.05, 4.69) is 10.3 Å². The molecular formula is C17H20N4O2S. The maximum atomic E-state index is 12.3. The molecule has 0 saturated carbocycles. The van der Waals surface area contributed by atoms with Crippen LogP contribution < -0.4 is 16.0 Å². The van der Waals surface area contributed by atoms with Crippen molar-refractivity contribution in [3.63, 3.8) is 0 Å². The molecule has 126 valence electrons. The van der Waals surface area contributed by atoms with Crippen LogP contribution in [0.1, 0.15) is 46.9 Å². The Hall–Kier alpha value is -2.25. The van der Waals surface area contributed by atoms with Crippen LogP contribution in [-0.4, -0.2) is 23.3 Å². The molecule has 1 aromatic carbocycles. The minimum absolute atomic E-state index is 0.153. The Balaban J connectivity index is 1.71. The number of rotatable bonds is 5. The lowest BCUT2D eigenvalue weighted by Gasteiger charge is -2.19. The van der Waals surface area contributed by atoms with E-state index in [-0.39, 0.29) is 17.9 Å². The summed E-state index contributed by atoms with van der Waals surface area (Å²) in [6, 6.07) is 7.56. The van der Waals surface area contributed by atoms with Gasteiger partial charge in [0.05, 0.1) is 6.04 Å². The van der Waals surface area contributed by atoms with Crippen LogP contribution >= 0.6 is 11.3 Å². The number of hydrogen-bond donors (Lipinski definition) is 2. The number of nitrogens with one attached hydrogen (secondary N) is 1. The first-order chi connectivity index (χ1) is 11.6. The highest BCUT2D eigenvalue weighted by Crippen LogP contribution is 2.25. The zero-order valence-corrected chi connectivity index (χ0v) is 14.3. The Bertz CT molecular complexity index is 759. The number of hydrogen-bond acceptors (Lipinski definition) is 5. The molecule has 3 rings (SSSR count). The van der Waals surface area contributed by atoms with Gasteiger partial charge in [-0.15, -0.1) is 11.3 Å². The van der Waals surface area contributed by atoms with Crippen molar-refractivity contribution in [1.29, 1.82) is 0 Å². The van der Waals surface area contributed by atoms with E-state index in [1.54, 1.807) is 10.3 Å². The quantitative estimate of drug-likeness (QED) is 0.870. The summed E-state index contributed by atoms with van der Waals surface area (Å²) in [7, 11) is 0. The van der Waals surface area contributed by atoms with Crippen molar-refractivity contribution in [3.05, 3.63) is 45.9 Å². The molecule has 0 aliphatic carbocycles. The molecule has 7 heteroatoms. The number of aromatic nitrogens is 1. The summed E-state index contributed by atoms with van der Waals surface area (Å²) in [6.07, 6.45) is 1.49. The first-order valence-electron chi connectivity index (χ1n) is 7.94. The molecule has 0 radical (unpaired) electrons. The second kappa shape index (κ2) is 7.11. The van der Waals surface area contributed by atoms with E-state index in [0.717, 1.165) is 29.2 Å². The molecule has 24 heavy (non-hydrogen) atoms. The fourth-order valence-electron chi connectivity index (χ4n) is 2.75. The third-order valence-corrected chi connectivity index (χ3v) is 4.93. The lowest BCUT2D eigenvalue weighted by Crippen LogP contribution is -2.28. The van der Waals surface area contributed by atoms with Crippen LogP contribution in [0.15, 0.2) is 29.6 Å². The minimum atomic E-state index is -0.221. The fourth-order valence-corrected chi connectivity index (χ4v) is 3.40. The predicted octanol–water partition coefficient (Wildman–Crippen LogP) is 2.22. The van der Waals surface area contributed by atoms with E-state index in [4.69, 9.17) is 5.73 Å². The van der Waals surface area contributed by atoms with Crippen LogP contribution in [0.5, 0.6) is 0 Å². The molecule has 1 saturated heterocycles. The lowest BCUT2D eigenvalue weighted by atomic mass is 10.1. The van der Waals surface area contributed by atoms with Gasteiger partial charge in [-0.3, -0.25) is 9.59 Å².